The third kappa shape index (κ3) is 3.14. The van der Waals surface area contributed by atoms with Gasteiger partial charge in [-0.3, -0.25) is 4.72 Å². The smallest absolute Gasteiger partial charge is 0.277 e. The van der Waals surface area contributed by atoms with Crippen LogP contribution in [0.5, 0.6) is 0 Å². The molecule has 0 radical (unpaired) electrons. The van der Waals surface area contributed by atoms with Crippen molar-refractivity contribution in [3.8, 4) is 10.4 Å². The highest BCUT2D eigenvalue weighted by atomic mass is 35.5. The summed E-state index contributed by atoms with van der Waals surface area (Å²) in [7, 11) is -3.70. The van der Waals surface area contributed by atoms with Gasteiger partial charge in [-0.2, -0.15) is 8.42 Å². The van der Waals surface area contributed by atoms with Gasteiger partial charge in [-0.15, -0.1) is 11.3 Å². The fraction of sp³-hybridized carbons (Fsp3) is 0. The number of halogens is 1. The van der Waals surface area contributed by atoms with Crippen molar-refractivity contribution in [3.63, 3.8) is 0 Å². The SMILES string of the molecule is O=S(=O)(Nc1ccsc1-c1ccc(Cl)cc1)c1ccccn1. The van der Waals surface area contributed by atoms with E-state index in [-0.39, 0.29) is 5.03 Å². The minimum atomic E-state index is -3.70. The first kappa shape index (κ1) is 15.0. The molecule has 3 rings (SSSR count). The van der Waals surface area contributed by atoms with Gasteiger partial charge in [-0.05, 0) is 41.3 Å². The quantitative estimate of drug-likeness (QED) is 0.764. The normalized spacial score (nSPS) is 11.3. The largest absolute Gasteiger partial charge is 0.279 e. The van der Waals surface area contributed by atoms with Crippen molar-refractivity contribution in [1.82, 2.24) is 4.98 Å². The first-order valence-corrected chi connectivity index (χ1v) is 9.08. The number of hydrogen-bond acceptors (Lipinski definition) is 4. The minimum absolute atomic E-state index is 0.0109. The van der Waals surface area contributed by atoms with Crippen LogP contribution in [0.15, 0.2) is 65.1 Å². The summed E-state index contributed by atoms with van der Waals surface area (Å²) in [6, 6.07) is 13.7. The van der Waals surface area contributed by atoms with E-state index in [9.17, 15) is 8.42 Å². The zero-order valence-electron chi connectivity index (χ0n) is 11.2. The van der Waals surface area contributed by atoms with Crippen LogP contribution in [0.4, 0.5) is 5.69 Å². The monoisotopic (exact) mass is 350 g/mol. The molecule has 0 aliphatic heterocycles. The van der Waals surface area contributed by atoms with Crippen LogP contribution in [0, 0.1) is 0 Å². The molecule has 4 nitrogen and oxygen atoms in total. The molecule has 7 heteroatoms. The molecule has 112 valence electrons. The minimum Gasteiger partial charge on any atom is -0.277 e. The molecular weight excluding hydrogens is 340 g/mol. The summed E-state index contributed by atoms with van der Waals surface area (Å²) in [6.07, 6.45) is 1.45. The molecule has 1 aromatic carbocycles. The van der Waals surface area contributed by atoms with E-state index in [1.54, 1.807) is 30.3 Å². The zero-order chi connectivity index (χ0) is 15.6. The molecule has 0 aliphatic carbocycles. The number of nitrogens with one attached hydrogen (secondary N) is 1. The second-order valence-electron chi connectivity index (χ2n) is 4.44. The summed E-state index contributed by atoms with van der Waals surface area (Å²) in [5.41, 5.74) is 1.43. The van der Waals surface area contributed by atoms with E-state index in [2.05, 4.69) is 9.71 Å². The van der Waals surface area contributed by atoms with E-state index in [0.717, 1.165) is 10.4 Å². The van der Waals surface area contributed by atoms with Crippen molar-refractivity contribution in [1.29, 1.82) is 0 Å². The number of sulfonamides is 1. The summed E-state index contributed by atoms with van der Waals surface area (Å²) in [5.74, 6) is 0. The Bertz CT molecular complexity index is 875. The number of hydrogen-bond donors (Lipinski definition) is 1. The highest BCUT2D eigenvalue weighted by Gasteiger charge is 2.18. The van der Waals surface area contributed by atoms with Gasteiger partial charge in [0.2, 0.25) is 0 Å². The topological polar surface area (TPSA) is 59.1 Å². The van der Waals surface area contributed by atoms with Gasteiger partial charge < -0.3 is 0 Å². The highest BCUT2D eigenvalue weighted by molar-refractivity contribution is 7.92. The van der Waals surface area contributed by atoms with Gasteiger partial charge in [0, 0.05) is 11.2 Å². The number of thiophene rings is 1. The Morgan fingerprint density at radius 3 is 2.50 bits per heavy atom. The average molecular weight is 351 g/mol. The molecular formula is C15H11ClN2O2S2. The first-order chi connectivity index (χ1) is 10.6. The maximum Gasteiger partial charge on any atom is 0.279 e. The average Bonchev–Trinajstić information content (AvgIpc) is 2.96. The standard InChI is InChI=1S/C15H11ClN2O2S2/c16-12-6-4-11(5-7-12)15-13(8-10-21-15)18-22(19,20)14-3-1-2-9-17-14/h1-10,18H. The van der Waals surface area contributed by atoms with Crippen LogP contribution in [-0.2, 0) is 10.0 Å². The van der Waals surface area contributed by atoms with E-state index in [1.807, 2.05) is 17.5 Å². The van der Waals surface area contributed by atoms with Crippen LogP contribution < -0.4 is 4.72 Å². The van der Waals surface area contributed by atoms with E-state index in [1.165, 1.54) is 23.6 Å². The fourth-order valence-electron chi connectivity index (χ4n) is 1.92. The molecule has 0 bridgehead atoms. The lowest BCUT2D eigenvalue weighted by atomic mass is 10.2. The summed E-state index contributed by atoms with van der Waals surface area (Å²) in [6.45, 7) is 0. The number of aromatic nitrogens is 1. The Hall–Kier alpha value is -1.89. The van der Waals surface area contributed by atoms with Gasteiger partial charge in [-0.25, -0.2) is 4.98 Å². The van der Waals surface area contributed by atoms with Crippen LogP contribution in [0.1, 0.15) is 0 Å². The molecule has 0 unspecified atom stereocenters. The maximum atomic E-state index is 12.3. The molecule has 2 aromatic heterocycles. The van der Waals surface area contributed by atoms with Gasteiger partial charge in [0.05, 0.1) is 10.6 Å². The van der Waals surface area contributed by atoms with E-state index < -0.39 is 10.0 Å². The van der Waals surface area contributed by atoms with Gasteiger partial charge in [-0.1, -0.05) is 29.8 Å². The first-order valence-electron chi connectivity index (χ1n) is 6.33. The lowest BCUT2D eigenvalue weighted by Crippen LogP contribution is -2.14. The van der Waals surface area contributed by atoms with Gasteiger partial charge >= 0.3 is 0 Å². The summed E-state index contributed by atoms with van der Waals surface area (Å²) in [5, 5.41) is 2.46. The molecule has 0 fully saturated rings. The fourth-order valence-corrected chi connectivity index (χ4v) is 3.99. The molecule has 3 aromatic rings. The number of pyridine rings is 1. The molecule has 0 saturated heterocycles. The lowest BCUT2D eigenvalue weighted by Gasteiger charge is -2.08. The maximum absolute atomic E-state index is 12.3. The van der Waals surface area contributed by atoms with Crippen LogP contribution in [0.2, 0.25) is 5.02 Å². The Kier molecular flexibility index (Phi) is 4.15. The molecule has 0 spiro atoms. The van der Waals surface area contributed by atoms with Crippen molar-refractivity contribution < 1.29 is 8.42 Å². The zero-order valence-corrected chi connectivity index (χ0v) is 13.6. The molecule has 0 amide bonds. The molecule has 0 saturated carbocycles. The Balaban J connectivity index is 1.95. The molecule has 0 atom stereocenters. The molecule has 1 N–H and O–H groups in total. The number of nitrogens with zero attached hydrogens (tertiary/aromatic N) is 1. The third-order valence-electron chi connectivity index (χ3n) is 2.93. The van der Waals surface area contributed by atoms with E-state index in [0.29, 0.717) is 10.7 Å². The number of benzene rings is 1. The number of rotatable bonds is 4. The lowest BCUT2D eigenvalue weighted by molar-refractivity contribution is 0.597. The van der Waals surface area contributed by atoms with Gasteiger partial charge in [0.1, 0.15) is 0 Å². The molecule has 2 heterocycles. The van der Waals surface area contributed by atoms with Crippen molar-refractivity contribution in [2.45, 2.75) is 5.03 Å². The number of anilines is 1. The Morgan fingerprint density at radius 1 is 1.05 bits per heavy atom. The van der Waals surface area contributed by atoms with Crippen molar-refractivity contribution in [2.75, 3.05) is 4.72 Å². The third-order valence-corrected chi connectivity index (χ3v) is 5.43. The van der Waals surface area contributed by atoms with Gasteiger partial charge in [0.25, 0.3) is 10.0 Å². The summed E-state index contributed by atoms with van der Waals surface area (Å²) < 4.78 is 27.3. The summed E-state index contributed by atoms with van der Waals surface area (Å²) in [4.78, 5) is 4.71. The Morgan fingerprint density at radius 2 is 1.82 bits per heavy atom. The highest BCUT2D eigenvalue weighted by Crippen LogP contribution is 2.35. The molecule has 0 aliphatic rings. The second kappa shape index (κ2) is 6.08. The van der Waals surface area contributed by atoms with E-state index in [4.69, 9.17) is 11.6 Å². The Labute approximate surface area is 137 Å². The predicted octanol–water partition coefficient (Wildman–Crippen LogP) is 4.26. The second-order valence-corrected chi connectivity index (χ2v) is 7.43. The van der Waals surface area contributed by atoms with Crippen LogP contribution >= 0.6 is 22.9 Å². The summed E-state index contributed by atoms with van der Waals surface area (Å²) >= 11 is 7.34. The van der Waals surface area contributed by atoms with E-state index >= 15 is 0 Å². The van der Waals surface area contributed by atoms with Gasteiger partial charge in [0.15, 0.2) is 5.03 Å². The van der Waals surface area contributed by atoms with Crippen molar-refractivity contribution >= 4 is 38.6 Å². The van der Waals surface area contributed by atoms with Crippen LogP contribution in [-0.4, -0.2) is 13.4 Å². The molecule has 22 heavy (non-hydrogen) atoms. The van der Waals surface area contributed by atoms with Crippen molar-refractivity contribution in [2.24, 2.45) is 0 Å². The van der Waals surface area contributed by atoms with Crippen LogP contribution in [0.25, 0.3) is 10.4 Å². The predicted molar refractivity (Wildman–Crippen MR) is 89.8 cm³/mol. The van der Waals surface area contributed by atoms with Crippen LogP contribution in [0.3, 0.4) is 0 Å². The van der Waals surface area contributed by atoms with Crippen molar-refractivity contribution in [3.05, 3.63) is 65.1 Å².